The highest BCUT2D eigenvalue weighted by Gasteiger charge is 2.40. The van der Waals surface area contributed by atoms with E-state index >= 15 is 8.78 Å². The second kappa shape index (κ2) is 18.3. The Morgan fingerprint density at radius 3 is 2.47 bits per heavy atom. The molecule has 2 atom stereocenters. The number of likely N-dealkylation sites (N-methyl/N-ethyl adjacent to an activating group) is 1. The Morgan fingerprint density at radius 2 is 1.74 bits per heavy atom. The highest BCUT2D eigenvalue weighted by Crippen LogP contribution is 2.35. The summed E-state index contributed by atoms with van der Waals surface area (Å²) in [5, 5.41) is 2.67. The van der Waals surface area contributed by atoms with E-state index in [-0.39, 0.29) is 49.4 Å². The number of carbonyl (C=O) groups excluding carboxylic acids is 4. The molecule has 6 heterocycles. The monoisotopic (exact) mass is 953 g/mol. The van der Waals surface area contributed by atoms with Crippen molar-refractivity contribution in [2.75, 3.05) is 69.0 Å². The number of benzene rings is 3. The van der Waals surface area contributed by atoms with Gasteiger partial charge in [0.2, 0.25) is 17.6 Å². The zero-order valence-electron chi connectivity index (χ0n) is 37.2. The molecule has 20 heteroatoms. The van der Waals surface area contributed by atoms with Crippen LogP contribution in [-0.4, -0.2) is 145 Å². The summed E-state index contributed by atoms with van der Waals surface area (Å²) in [6.45, 7) is 5.23. The Morgan fingerprint density at radius 1 is 0.956 bits per heavy atom. The summed E-state index contributed by atoms with van der Waals surface area (Å²) >= 11 is 0. The molecule has 3 aromatic carbocycles. The SMILES string of the molecule is CN(CCN1CCN(c2ccc(-c3cnc4[nH]cc(C(=O)c5c(F)ccc(NS(=O)(=O)N6CC[C@@H](F)C6)c5F)c4c3)cc2)CC1)C1CC(Oc2ccc3c(c2)CN(C2CCC(=O)NC2=O)C3=O)C1. The normalized spacial score (nSPS) is 22.5. The third-order valence-electron chi connectivity index (χ3n) is 14.0. The van der Waals surface area contributed by atoms with Crippen LogP contribution in [0.5, 0.6) is 5.75 Å². The van der Waals surface area contributed by atoms with E-state index in [1.54, 1.807) is 23.2 Å². The van der Waals surface area contributed by atoms with Gasteiger partial charge in [-0.3, -0.25) is 34.1 Å². The molecule has 0 bridgehead atoms. The van der Waals surface area contributed by atoms with E-state index in [1.807, 2.05) is 41.1 Å². The van der Waals surface area contributed by atoms with Crippen molar-refractivity contribution in [3.63, 3.8) is 0 Å². The number of halogens is 3. The molecule has 1 saturated carbocycles. The third kappa shape index (κ3) is 8.92. The largest absolute Gasteiger partial charge is 0.490 e. The lowest BCUT2D eigenvalue weighted by molar-refractivity contribution is -0.136. The number of rotatable bonds is 14. The highest BCUT2D eigenvalue weighted by atomic mass is 32.2. The molecule has 3 N–H and O–H groups in total. The summed E-state index contributed by atoms with van der Waals surface area (Å²) in [6, 6.07) is 16.7. The lowest BCUT2D eigenvalue weighted by Gasteiger charge is -2.42. The number of aromatic nitrogens is 2. The summed E-state index contributed by atoms with van der Waals surface area (Å²) in [5.74, 6) is -3.79. The zero-order valence-corrected chi connectivity index (χ0v) is 38.0. The van der Waals surface area contributed by atoms with Gasteiger partial charge in [-0.25, -0.2) is 18.2 Å². The number of anilines is 2. The van der Waals surface area contributed by atoms with Crippen LogP contribution in [0.2, 0.25) is 0 Å². The average molecular weight is 954 g/mol. The van der Waals surface area contributed by atoms with Crippen molar-refractivity contribution in [1.29, 1.82) is 0 Å². The molecule has 4 aliphatic heterocycles. The molecule has 356 valence electrons. The van der Waals surface area contributed by atoms with Gasteiger partial charge in [-0.15, -0.1) is 0 Å². The minimum absolute atomic E-state index is 0.00220. The standard InChI is InChI=1S/C48H50F3N9O7S/c1-56(33-22-35(23-33)67-34-6-7-36-30(20-34)26-60(48(36)64)41-10-11-42(61)54-47(41)63)14-15-57-16-18-58(19-17-57)32-4-2-28(3-5-32)29-21-37-38(25-53-46(37)52-24-29)45(62)43-39(50)8-9-40(44(43)51)55-68(65,66)59-13-12-31(49)27-59/h2-9,20-21,24-25,31,33,35,41,55H,10-19,22-23,26-27H2,1H3,(H,52,53)(H,54,61,63)/t31-,33?,35?,41?/m1/s1. The topological polar surface area (TPSA) is 181 Å². The van der Waals surface area contributed by atoms with Crippen molar-refractivity contribution in [2.45, 2.75) is 63.0 Å². The lowest BCUT2D eigenvalue weighted by Crippen LogP contribution is -2.52. The number of fused-ring (bicyclic) bond motifs is 2. The van der Waals surface area contributed by atoms with Gasteiger partial charge in [-0.05, 0) is 79.5 Å². The third-order valence-corrected chi connectivity index (χ3v) is 15.5. The van der Waals surface area contributed by atoms with Gasteiger partial charge in [0.1, 0.15) is 35.5 Å². The van der Waals surface area contributed by atoms with Crippen molar-refractivity contribution >= 4 is 56.1 Å². The summed E-state index contributed by atoms with van der Waals surface area (Å²) < 4.78 is 79.4. The first kappa shape index (κ1) is 45.4. The van der Waals surface area contributed by atoms with Crippen LogP contribution in [-0.2, 0) is 26.3 Å². The van der Waals surface area contributed by atoms with E-state index in [0.717, 1.165) is 85.4 Å². The van der Waals surface area contributed by atoms with Crippen molar-refractivity contribution in [3.8, 4) is 16.9 Å². The predicted octanol–water partition coefficient (Wildman–Crippen LogP) is 4.86. The minimum atomic E-state index is -4.36. The summed E-state index contributed by atoms with van der Waals surface area (Å²) in [4.78, 5) is 66.9. The lowest BCUT2D eigenvalue weighted by atomic mass is 9.88. The molecule has 0 radical (unpaired) electrons. The summed E-state index contributed by atoms with van der Waals surface area (Å²) in [6.07, 6.45) is 4.03. The number of pyridine rings is 1. The molecule has 3 amide bonds. The van der Waals surface area contributed by atoms with E-state index < -0.39 is 57.0 Å². The molecular formula is C48H50F3N9O7S. The first-order chi connectivity index (χ1) is 32.7. The molecule has 16 nitrogen and oxygen atoms in total. The second-order valence-electron chi connectivity index (χ2n) is 18.2. The Balaban J connectivity index is 0.695. The number of piperidine rings is 1. The molecule has 1 aliphatic carbocycles. The number of carbonyl (C=O) groups is 4. The van der Waals surface area contributed by atoms with Crippen molar-refractivity contribution in [2.24, 2.45) is 0 Å². The van der Waals surface area contributed by atoms with Crippen LogP contribution in [0.4, 0.5) is 24.5 Å². The number of aromatic amines is 1. The first-order valence-corrected chi connectivity index (χ1v) is 24.3. The second-order valence-corrected chi connectivity index (χ2v) is 19.9. The quantitative estimate of drug-likeness (QED) is 0.102. The average Bonchev–Trinajstić information content (AvgIpc) is 4.04. The van der Waals surface area contributed by atoms with Gasteiger partial charge < -0.3 is 24.4 Å². The van der Waals surface area contributed by atoms with E-state index in [1.165, 1.54) is 6.20 Å². The fraction of sp³-hybridized carbons (Fsp3) is 0.396. The maximum absolute atomic E-state index is 15.8. The first-order valence-electron chi connectivity index (χ1n) is 22.8. The van der Waals surface area contributed by atoms with Crippen LogP contribution in [0.1, 0.15) is 63.9 Å². The van der Waals surface area contributed by atoms with E-state index in [4.69, 9.17) is 4.74 Å². The van der Waals surface area contributed by atoms with Crippen LogP contribution >= 0.6 is 0 Å². The van der Waals surface area contributed by atoms with Gasteiger partial charge in [-0.1, -0.05) is 12.1 Å². The maximum Gasteiger partial charge on any atom is 0.301 e. The molecule has 3 saturated heterocycles. The van der Waals surface area contributed by atoms with Crippen molar-refractivity contribution < 1.29 is 45.5 Å². The summed E-state index contributed by atoms with van der Waals surface area (Å²) in [7, 11) is -2.20. The number of alkyl halides is 1. The van der Waals surface area contributed by atoms with Crippen molar-refractivity contribution in [3.05, 3.63) is 107 Å². The van der Waals surface area contributed by atoms with Gasteiger partial charge in [0.15, 0.2) is 5.82 Å². The molecule has 1 unspecified atom stereocenters. The number of nitrogens with one attached hydrogen (secondary N) is 3. The number of hydrogen-bond donors (Lipinski definition) is 3. The number of imide groups is 1. The van der Waals surface area contributed by atoms with Gasteiger partial charge in [0.05, 0.1) is 11.3 Å². The molecule has 4 fully saturated rings. The number of amides is 3. The van der Waals surface area contributed by atoms with E-state index in [0.29, 0.717) is 46.9 Å². The van der Waals surface area contributed by atoms with E-state index in [9.17, 15) is 32.0 Å². The zero-order chi connectivity index (χ0) is 47.4. The Hall–Kier alpha value is -6.35. The smallest absolute Gasteiger partial charge is 0.301 e. The van der Waals surface area contributed by atoms with Crippen LogP contribution in [0.3, 0.4) is 0 Å². The molecule has 5 aliphatic rings. The van der Waals surface area contributed by atoms with Crippen LogP contribution in [0.25, 0.3) is 22.2 Å². The molecule has 10 rings (SSSR count). The van der Waals surface area contributed by atoms with Crippen LogP contribution < -0.4 is 19.7 Å². The highest BCUT2D eigenvalue weighted by molar-refractivity contribution is 7.90. The van der Waals surface area contributed by atoms with Crippen LogP contribution in [0.15, 0.2) is 73.1 Å². The number of piperazine rings is 1. The molecular weight excluding hydrogens is 904 g/mol. The molecule has 68 heavy (non-hydrogen) atoms. The Kier molecular flexibility index (Phi) is 12.2. The Labute approximate surface area is 390 Å². The molecule has 0 spiro atoms. The van der Waals surface area contributed by atoms with Gasteiger partial charge in [0, 0.05) is 124 Å². The number of nitrogens with zero attached hydrogens (tertiary/aromatic N) is 6. The maximum atomic E-state index is 15.8. The van der Waals surface area contributed by atoms with Gasteiger partial charge in [-0.2, -0.15) is 12.7 Å². The number of hydrogen-bond acceptors (Lipinski definition) is 11. The molecule has 2 aromatic heterocycles. The Bertz CT molecular complexity index is 2920. The van der Waals surface area contributed by atoms with Gasteiger partial charge in [0.25, 0.3) is 5.91 Å². The van der Waals surface area contributed by atoms with E-state index in [2.05, 4.69) is 37.0 Å². The van der Waals surface area contributed by atoms with Crippen LogP contribution in [0, 0.1) is 11.6 Å². The fourth-order valence-corrected chi connectivity index (χ4v) is 11.1. The molecule has 5 aromatic rings. The number of ketones is 1. The van der Waals surface area contributed by atoms with Crippen molar-refractivity contribution in [1.82, 2.24) is 34.3 Å². The predicted molar refractivity (Wildman–Crippen MR) is 246 cm³/mol. The fourth-order valence-electron chi connectivity index (χ4n) is 9.82. The number of ether oxygens (including phenoxy) is 1. The minimum Gasteiger partial charge on any atom is -0.490 e. The van der Waals surface area contributed by atoms with Gasteiger partial charge >= 0.3 is 10.2 Å². The number of H-pyrrole nitrogens is 1. The summed E-state index contributed by atoms with van der Waals surface area (Å²) in [5.41, 5.74) is 2.66.